The molecule has 0 spiro atoms. The van der Waals surface area contributed by atoms with E-state index in [1.165, 1.54) is 18.2 Å². The van der Waals surface area contributed by atoms with Gasteiger partial charge >= 0.3 is 5.97 Å². The fraction of sp³-hybridized carbons (Fsp3) is 0.333. The first kappa shape index (κ1) is 17.4. The Kier molecular flexibility index (Phi) is 5.70. The van der Waals surface area contributed by atoms with Crippen LogP contribution in [0.5, 0.6) is 0 Å². The van der Waals surface area contributed by atoms with Crippen molar-refractivity contribution < 1.29 is 23.1 Å². The summed E-state index contributed by atoms with van der Waals surface area (Å²) in [4.78, 5) is 21.7. The van der Waals surface area contributed by atoms with Crippen LogP contribution in [-0.2, 0) is 19.6 Å². The number of carbonyl (C=O) groups excluding carboxylic acids is 1. The van der Waals surface area contributed by atoms with Crippen molar-refractivity contribution in [1.29, 1.82) is 0 Å². The maximum Gasteiger partial charge on any atom is 0.321 e. The van der Waals surface area contributed by atoms with Crippen LogP contribution >= 0.6 is 11.6 Å². The lowest BCUT2D eigenvalue weighted by Crippen LogP contribution is -2.41. The smallest absolute Gasteiger partial charge is 0.321 e. The molecular weight excluding hydrogens is 320 g/mol. The zero-order chi connectivity index (χ0) is 16.2. The highest BCUT2D eigenvalue weighted by Gasteiger charge is 2.26. The molecule has 21 heavy (non-hydrogen) atoms. The van der Waals surface area contributed by atoms with Gasteiger partial charge in [0.05, 0.1) is 4.90 Å². The van der Waals surface area contributed by atoms with Gasteiger partial charge in [-0.1, -0.05) is 17.7 Å². The molecule has 7 nitrogen and oxygen atoms in total. The predicted molar refractivity (Wildman–Crippen MR) is 76.4 cm³/mol. The zero-order valence-electron chi connectivity index (χ0n) is 11.2. The zero-order valence-corrected chi connectivity index (χ0v) is 12.7. The van der Waals surface area contributed by atoms with Crippen LogP contribution in [0.25, 0.3) is 0 Å². The summed E-state index contributed by atoms with van der Waals surface area (Å²) in [5, 5.41) is 9.23. The van der Waals surface area contributed by atoms with Gasteiger partial charge in [-0.05, 0) is 31.0 Å². The van der Waals surface area contributed by atoms with Gasteiger partial charge in [-0.3, -0.25) is 9.59 Å². The van der Waals surface area contributed by atoms with Crippen molar-refractivity contribution in [2.24, 2.45) is 5.73 Å². The van der Waals surface area contributed by atoms with Gasteiger partial charge in [-0.15, -0.1) is 0 Å². The van der Waals surface area contributed by atoms with E-state index in [4.69, 9.17) is 22.4 Å². The van der Waals surface area contributed by atoms with E-state index in [0.717, 1.165) is 0 Å². The lowest BCUT2D eigenvalue weighted by atomic mass is 10.2. The molecule has 4 N–H and O–H groups in total. The van der Waals surface area contributed by atoms with E-state index in [9.17, 15) is 18.0 Å². The number of carbonyl (C=O) groups is 2. The largest absolute Gasteiger partial charge is 0.480 e. The standard InChI is InChI=1S/C12H15ClN2O5S/c1-7-2-3-8(13)6-10(7)21(19,20)15-9(12(17)18)4-5-11(14)16/h2-3,6,9,15H,4-5H2,1H3,(H2,14,16)(H,17,18)/t9-/m1/s1. The van der Waals surface area contributed by atoms with Gasteiger partial charge in [0.25, 0.3) is 0 Å². The van der Waals surface area contributed by atoms with Crippen molar-refractivity contribution >= 4 is 33.5 Å². The summed E-state index contributed by atoms with van der Waals surface area (Å²) in [5.41, 5.74) is 5.36. The van der Waals surface area contributed by atoms with Gasteiger partial charge in [0.15, 0.2) is 0 Å². The molecule has 0 heterocycles. The SMILES string of the molecule is Cc1ccc(Cl)cc1S(=O)(=O)N[C@H](CCC(N)=O)C(=O)O. The molecule has 1 aromatic rings. The van der Waals surface area contributed by atoms with E-state index in [2.05, 4.69) is 0 Å². The Balaban J connectivity index is 3.03. The van der Waals surface area contributed by atoms with E-state index >= 15 is 0 Å². The Labute approximate surface area is 127 Å². The minimum atomic E-state index is -4.07. The first-order valence-corrected chi connectivity index (χ1v) is 7.79. The maximum absolute atomic E-state index is 12.2. The third-order valence-corrected chi connectivity index (χ3v) is 4.56. The Bertz CT molecular complexity index is 660. The minimum Gasteiger partial charge on any atom is -0.480 e. The van der Waals surface area contributed by atoms with Gasteiger partial charge in [0, 0.05) is 11.4 Å². The third kappa shape index (κ3) is 5.00. The number of carboxylic acid groups (broad SMARTS) is 1. The minimum absolute atomic E-state index is 0.111. The Morgan fingerprint density at radius 2 is 2.05 bits per heavy atom. The van der Waals surface area contributed by atoms with Gasteiger partial charge in [0.2, 0.25) is 15.9 Å². The second-order valence-electron chi connectivity index (χ2n) is 4.43. The number of nitrogens with one attached hydrogen (secondary N) is 1. The lowest BCUT2D eigenvalue weighted by molar-refractivity contribution is -0.139. The number of aryl methyl sites for hydroxylation is 1. The monoisotopic (exact) mass is 334 g/mol. The van der Waals surface area contributed by atoms with Crippen molar-refractivity contribution in [1.82, 2.24) is 4.72 Å². The molecule has 116 valence electrons. The molecule has 0 saturated heterocycles. The molecule has 0 bridgehead atoms. The number of hydrogen-bond donors (Lipinski definition) is 3. The van der Waals surface area contributed by atoms with Crippen LogP contribution in [0, 0.1) is 6.92 Å². The number of benzene rings is 1. The summed E-state index contributed by atoms with van der Waals surface area (Å²) in [7, 11) is -4.07. The van der Waals surface area contributed by atoms with E-state index in [0.29, 0.717) is 5.56 Å². The van der Waals surface area contributed by atoms with Gasteiger partial charge in [-0.25, -0.2) is 8.42 Å². The summed E-state index contributed by atoms with van der Waals surface area (Å²) in [6.07, 6.45) is -0.475. The molecule has 0 aliphatic heterocycles. The highest BCUT2D eigenvalue weighted by molar-refractivity contribution is 7.89. The Morgan fingerprint density at radius 1 is 1.43 bits per heavy atom. The first-order chi connectivity index (χ1) is 9.63. The topological polar surface area (TPSA) is 127 Å². The van der Waals surface area contributed by atoms with Crippen LogP contribution in [-0.4, -0.2) is 31.4 Å². The average molecular weight is 335 g/mol. The first-order valence-electron chi connectivity index (χ1n) is 5.93. The van der Waals surface area contributed by atoms with Crippen LogP contribution < -0.4 is 10.5 Å². The third-order valence-electron chi connectivity index (χ3n) is 2.71. The highest BCUT2D eigenvalue weighted by Crippen LogP contribution is 2.20. The summed E-state index contributed by atoms with van der Waals surface area (Å²) in [6.45, 7) is 1.56. The van der Waals surface area contributed by atoms with Crippen LogP contribution in [0.3, 0.4) is 0 Å². The quantitative estimate of drug-likeness (QED) is 0.674. The molecular formula is C12H15ClN2O5S. The average Bonchev–Trinajstić information content (AvgIpc) is 2.36. The van der Waals surface area contributed by atoms with Crippen LogP contribution in [0.4, 0.5) is 0 Å². The number of rotatable bonds is 7. The molecule has 9 heteroatoms. The van der Waals surface area contributed by atoms with Crippen molar-refractivity contribution in [2.75, 3.05) is 0 Å². The van der Waals surface area contributed by atoms with Gasteiger partial charge < -0.3 is 10.8 Å². The molecule has 0 saturated carbocycles. The summed E-state index contributed by atoms with van der Waals surface area (Å²) in [5.74, 6) is -2.10. The number of hydrogen-bond acceptors (Lipinski definition) is 4. The fourth-order valence-electron chi connectivity index (χ4n) is 1.63. The molecule has 0 fully saturated rings. The number of nitrogens with two attached hydrogens (primary N) is 1. The number of amides is 1. The van der Waals surface area contributed by atoms with Crippen molar-refractivity contribution in [2.45, 2.75) is 30.7 Å². The number of aliphatic carboxylic acids is 1. The number of primary amides is 1. The molecule has 0 aliphatic rings. The summed E-state index contributed by atoms with van der Waals surface area (Å²) < 4.78 is 26.5. The number of sulfonamides is 1. The molecule has 1 rings (SSSR count). The molecule has 0 aromatic heterocycles. The van der Waals surface area contributed by atoms with Gasteiger partial charge in [0.1, 0.15) is 6.04 Å². The maximum atomic E-state index is 12.2. The predicted octanol–water partition coefficient (Wildman–Crippen LogP) is 0.645. The Morgan fingerprint density at radius 3 is 2.57 bits per heavy atom. The van der Waals surface area contributed by atoms with E-state index in [1.807, 2.05) is 4.72 Å². The molecule has 1 aromatic carbocycles. The van der Waals surface area contributed by atoms with Crippen molar-refractivity contribution in [3.05, 3.63) is 28.8 Å². The van der Waals surface area contributed by atoms with Gasteiger partial charge in [-0.2, -0.15) is 4.72 Å². The van der Waals surface area contributed by atoms with Crippen molar-refractivity contribution in [3.63, 3.8) is 0 Å². The Hall–Kier alpha value is -1.64. The van der Waals surface area contributed by atoms with Crippen molar-refractivity contribution in [3.8, 4) is 0 Å². The van der Waals surface area contributed by atoms with Crippen LogP contribution in [0.1, 0.15) is 18.4 Å². The number of halogens is 1. The molecule has 1 amide bonds. The number of carboxylic acids is 1. The fourth-order valence-corrected chi connectivity index (χ4v) is 3.36. The van der Waals surface area contributed by atoms with E-state index < -0.39 is 27.9 Å². The van der Waals surface area contributed by atoms with E-state index in [-0.39, 0.29) is 22.8 Å². The van der Waals surface area contributed by atoms with Crippen LogP contribution in [0.2, 0.25) is 5.02 Å². The van der Waals surface area contributed by atoms with Crippen LogP contribution in [0.15, 0.2) is 23.1 Å². The van der Waals surface area contributed by atoms with E-state index in [1.54, 1.807) is 6.92 Å². The summed E-state index contributed by atoms with van der Waals surface area (Å²) >= 11 is 5.75. The normalized spacial score (nSPS) is 12.9. The molecule has 0 aliphatic carbocycles. The molecule has 0 unspecified atom stereocenters. The second kappa shape index (κ2) is 6.88. The molecule has 1 atom stereocenters. The second-order valence-corrected chi connectivity index (χ2v) is 6.55. The molecule has 0 radical (unpaired) electrons. The summed E-state index contributed by atoms with van der Waals surface area (Å²) in [6, 6.07) is 2.82. The lowest BCUT2D eigenvalue weighted by Gasteiger charge is -2.15. The highest BCUT2D eigenvalue weighted by atomic mass is 35.5.